The van der Waals surface area contributed by atoms with E-state index >= 15 is 0 Å². The fraction of sp³-hybridized carbons (Fsp3) is 0.545. The van der Waals surface area contributed by atoms with Gasteiger partial charge in [0.15, 0.2) is 0 Å². The molecule has 1 rings (SSSR count). The van der Waals surface area contributed by atoms with Gasteiger partial charge in [0.25, 0.3) is 5.91 Å². The molecule has 0 aliphatic heterocycles. The van der Waals surface area contributed by atoms with Gasteiger partial charge in [0, 0.05) is 18.0 Å². The molecule has 1 unspecified atom stereocenters. The third-order valence-electron chi connectivity index (χ3n) is 2.04. The first-order valence-corrected chi connectivity index (χ1v) is 5.98. The van der Waals surface area contributed by atoms with Crippen molar-refractivity contribution in [2.24, 2.45) is 0 Å². The van der Waals surface area contributed by atoms with Crippen LogP contribution in [0.1, 0.15) is 14.5 Å². The molecule has 0 aliphatic carbocycles. The molecular formula is C11H18N2O2S. The maximum atomic E-state index is 11.6. The largest absolute Gasteiger partial charge is 0.390 e. The van der Waals surface area contributed by atoms with E-state index in [0.29, 0.717) is 11.4 Å². The molecule has 1 heterocycles. The Morgan fingerprint density at radius 3 is 2.75 bits per heavy atom. The van der Waals surface area contributed by atoms with Crippen molar-refractivity contribution in [1.29, 1.82) is 0 Å². The zero-order valence-corrected chi connectivity index (χ0v) is 10.7. The molecule has 90 valence electrons. The predicted molar refractivity (Wildman–Crippen MR) is 66.0 cm³/mol. The summed E-state index contributed by atoms with van der Waals surface area (Å²) >= 11 is 1.46. The lowest BCUT2D eigenvalue weighted by atomic mass is 10.3. The monoisotopic (exact) mass is 242 g/mol. The van der Waals surface area contributed by atoms with E-state index in [0.717, 1.165) is 4.88 Å². The van der Waals surface area contributed by atoms with Crippen molar-refractivity contribution in [3.05, 3.63) is 21.9 Å². The van der Waals surface area contributed by atoms with E-state index in [1.54, 1.807) is 6.07 Å². The van der Waals surface area contributed by atoms with Gasteiger partial charge in [0.2, 0.25) is 0 Å². The zero-order valence-electron chi connectivity index (χ0n) is 9.86. The van der Waals surface area contributed by atoms with Crippen LogP contribution in [0.4, 0.5) is 0 Å². The molecule has 1 atom stereocenters. The summed E-state index contributed by atoms with van der Waals surface area (Å²) in [6.45, 7) is 2.79. The minimum absolute atomic E-state index is 0.115. The second-order valence-corrected chi connectivity index (χ2v) is 5.32. The van der Waals surface area contributed by atoms with Crippen molar-refractivity contribution in [2.45, 2.75) is 13.0 Å². The number of likely N-dealkylation sites (N-methyl/N-ethyl adjacent to an activating group) is 1. The Bertz CT molecular complexity index is 350. The number of hydrogen-bond acceptors (Lipinski definition) is 4. The summed E-state index contributed by atoms with van der Waals surface area (Å²) < 4.78 is 0. The van der Waals surface area contributed by atoms with Gasteiger partial charge in [-0.25, -0.2) is 0 Å². The summed E-state index contributed by atoms with van der Waals surface area (Å²) in [5, 5.41) is 12.3. The van der Waals surface area contributed by atoms with Gasteiger partial charge in [0.1, 0.15) is 0 Å². The first-order valence-electron chi connectivity index (χ1n) is 5.16. The van der Waals surface area contributed by atoms with Gasteiger partial charge in [0.05, 0.1) is 11.0 Å². The molecule has 1 aromatic heterocycles. The number of hydrogen-bond donors (Lipinski definition) is 2. The van der Waals surface area contributed by atoms with E-state index in [4.69, 9.17) is 0 Å². The van der Waals surface area contributed by atoms with Crippen molar-refractivity contribution in [3.63, 3.8) is 0 Å². The van der Waals surface area contributed by atoms with Crippen LogP contribution >= 0.6 is 11.3 Å². The van der Waals surface area contributed by atoms with Gasteiger partial charge in [-0.15, -0.1) is 11.3 Å². The fourth-order valence-corrected chi connectivity index (χ4v) is 2.12. The Kier molecular flexibility index (Phi) is 4.92. The SMILES string of the molecule is Cc1ccc(C(=O)NCC(O)CN(C)C)s1. The normalized spacial score (nSPS) is 12.8. The van der Waals surface area contributed by atoms with Crippen LogP contribution in [0.3, 0.4) is 0 Å². The highest BCUT2D eigenvalue weighted by atomic mass is 32.1. The Labute approximate surface area is 99.9 Å². The molecule has 0 saturated carbocycles. The van der Waals surface area contributed by atoms with E-state index in [1.807, 2.05) is 32.0 Å². The van der Waals surface area contributed by atoms with Crippen LogP contribution in [0.5, 0.6) is 0 Å². The zero-order chi connectivity index (χ0) is 12.1. The molecule has 0 saturated heterocycles. The number of aliphatic hydroxyl groups is 1. The highest BCUT2D eigenvalue weighted by Crippen LogP contribution is 2.14. The van der Waals surface area contributed by atoms with Crippen molar-refractivity contribution in [1.82, 2.24) is 10.2 Å². The molecular weight excluding hydrogens is 224 g/mol. The van der Waals surface area contributed by atoms with Crippen molar-refractivity contribution >= 4 is 17.2 Å². The van der Waals surface area contributed by atoms with Crippen LogP contribution in [-0.2, 0) is 0 Å². The number of aliphatic hydroxyl groups excluding tert-OH is 1. The molecule has 0 aliphatic rings. The summed E-state index contributed by atoms with van der Waals surface area (Å²) in [7, 11) is 3.77. The molecule has 0 aromatic carbocycles. The minimum Gasteiger partial charge on any atom is -0.390 e. The molecule has 0 radical (unpaired) electrons. The van der Waals surface area contributed by atoms with Gasteiger partial charge in [-0.3, -0.25) is 4.79 Å². The number of aryl methyl sites for hydroxylation is 1. The lowest BCUT2D eigenvalue weighted by Crippen LogP contribution is -2.37. The molecule has 16 heavy (non-hydrogen) atoms. The number of rotatable bonds is 5. The van der Waals surface area contributed by atoms with E-state index in [2.05, 4.69) is 5.32 Å². The number of nitrogens with one attached hydrogen (secondary N) is 1. The molecule has 2 N–H and O–H groups in total. The van der Waals surface area contributed by atoms with E-state index in [1.165, 1.54) is 11.3 Å². The van der Waals surface area contributed by atoms with E-state index in [9.17, 15) is 9.90 Å². The summed E-state index contributed by atoms with van der Waals surface area (Å²) in [6.07, 6.45) is -0.528. The van der Waals surface area contributed by atoms with Crippen LogP contribution in [-0.4, -0.2) is 49.2 Å². The quantitative estimate of drug-likeness (QED) is 0.799. The molecule has 0 bridgehead atoms. The average Bonchev–Trinajstić information content (AvgIpc) is 2.60. The number of amides is 1. The molecule has 4 nitrogen and oxygen atoms in total. The smallest absolute Gasteiger partial charge is 0.261 e. The molecule has 0 fully saturated rings. The Morgan fingerprint density at radius 2 is 2.25 bits per heavy atom. The summed E-state index contributed by atoms with van der Waals surface area (Å²) in [6, 6.07) is 3.71. The topological polar surface area (TPSA) is 52.6 Å². The predicted octanol–water partition coefficient (Wildman–Crippen LogP) is 0.709. The highest BCUT2D eigenvalue weighted by Gasteiger charge is 2.10. The standard InChI is InChI=1S/C11H18N2O2S/c1-8-4-5-10(16-8)11(15)12-6-9(14)7-13(2)3/h4-5,9,14H,6-7H2,1-3H3,(H,12,15). The molecule has 0 spiro atoms. The Hall–Kier alpha value is -0.910. The number of carbonyl (C=O) groups excluding carboxylic acids is 1. The first kappa shape index (κ1) is 13.2. The molecule has 5 heteroatoms. The third kappa shape index (κ3) is 4.30. The maximum Gasteiger partial charge on any atom is 0.261 e. The van der Waals surface area contributed by atoms with Crippen LogP contribution < -0.4 is 5.32 Å². The minimum atomic E-state index is -0.528. The summed E-state index contributed by atoms with van der Waals surface area (Å²) in [5.41, 5.74) is 0. The summed E-state index contributed by atoms with van der Waals surface area (Å²) in [4.78, 5) is 15.3. The number of nitrogens with zero attached hydrogens (tertiary/aromatic N) is 1. The third-order valence-corrected chi connectivity index (χ3v) is 3.04. The van der Waals surface area contributed by atoms with Crippen molar-refractivity contribution in [3.8, 4) is 0 Å². The number of carbonyl (C=O) groups is 1. The van der Waals surface area contributed by atoms with Crippen LogP contribution in [0, 0.1) is 6.92 Å². The number of thiophene rings is 1. The summed E-state index contributed by atoms with van der Waals surface area (Å²) in [5.74, 6) is -0.115. The second kappa shape index (κ2) is 5.98. The van der Waals surface area contributed by atoms with Crippen LogP contribution in [0.15, 0.2) is 12.1 Å². The van der Waals surface area contributed by atoms with E-state index < -0.39 is 6.10 Å². The average molecular weight is 242 g/mol. The lowest BCUT2D eigenvalue weighted by Gasteiger charge is -2.16. The highest BCUT2D eigenvalue weighted by molar-refractivity contribution is 7.13. The Balaban J connectivity index is 2.35. The van der Waals surface area contributed by atoms with Crippen molar-refractivity contribution in [2.75, 3.05) is 27.2 Å². The van der Waals surface area contributed by atoms with Gasteiger partial charge >= 0.3 is 0 Å². The van der Waals surface area contributed by atoms with Gasteiger partial charge in [-0.2, -0.15) is 0 Å². The van der Waals surface area contributed by atoms with Gasteiger partial charge in [-0.1, -0.05) is 0 Å². The van der Waals surface area contributed by atoms with Crippen LogP contribution in [0.25, 0.3) is 0 Å². The van der Waals surface area contributed by atoms with Gasteiger partial charge < -0.3 is 15.3 Å². The van der Waals surface area contributed by atoms with E-state index in [-0.39, 0.29) is 12.5 Å². The fourth-order valence-electron chi connectivity index (χ4n) is 1.34. The van der Waals surface area contributed by atoms with Crippen LogP contribution in [0.2, 0.25) is 0 Å². The second-order valence-electron chi connectivity index (χ2n) is 4.04. The maximum absolute atomic E-state index is 11.6. The lowest BCUT2D eigenvalue weighted by molar-refractivity contribution is 0.0896. The van der Waals surface area contributed by atoms with Gasteiger partial charge in [-0.05, 0) is 33.2 Å². The molecule has 1 amide bonds. The Morgan fingerprint density at radius 1 is 1.56 bits per heavy atom. The molecule has 1 aromatic rings. The van der Waals surface area contributed by atoms with Crippen molar-refractivity contribution < 1.29 is 9.90 Å². The first-order chi connectivity index (χ1) is 7.49.